The van der Waals surface area contributed by atoms with Crippen molar-refractivity contribution >= 4 is 0 Å². The quantitative estimate of drug-likeness (QED) is 0.434. The standard InChI is InChI=1S/C23H20F3N5O/c1-22(2,17-7-4-6-16(28-17)15-10-11-21(32-3)27-14-15)18-8-5-9-20(29-18)31-13-12-19(30-31)23(24,25)26/h4-14H,1-3H3. The Labute approximate surface area is 182 Å². The Balaban J connectivity index is 1.68. The van der Waals surface area contributed by atoms with Crippen LogP contribution < -0.4 is 4.74 Å². The summed E-state index contributed by atoms with van der Waals surface area (Å²) < 4.78 is 45.0. The van der Waals surface area contributed by atoms with Crippen molar-refractivity contribution in [3.05, 3.63) is 84.1 Å². The maximum absolute atomic E-state index is 12.9. The van der Waals surface area contributed by atoms with E-state index in [2.05, 4.69) is 15.1 Å². The van der Waals surface area contributed by atoms with E-state index in [9.17, 15) is 13.2 Å². The van der Waals surface area contributed by atoms with Gasteiger partial charge in [-0.3, -0.25) is 4.98 Å². The van der Waals surface area contributed by atoms with Crippen LogP contribution in [0.25, 0.3) is 17.1 Å². The fourth-order valence-corrected chi connectivity index (χ4v) is 3.23. The lowest BCUT2D eigenvalue weighted by atomic mass is 9.84. The minimum atomic E-state index is -4.51. The highest BCUT2D eigenvalue weighted by Gasteiger charge is 2.34. The molecule has 4 aromatic heterocycles. The van der Waals surface area contributed by atoms with E-state index >= 15 is 0 Å². The van der Waals surface area contributed by atoms with Crippen LogP contribution in [-0.4, -0.2) is 31.8 Å². The van der Waals surface area contributed by atoms with Crippen molar-refractivity contribution in [1.29, 1.82) is 0 Å². The van der Waals surface area contributed by atoms with E-state index in [4.69, 9.17) is 9.72 Å². The van der Waals surface area contributed by atoms with Crippen molar-refractivity contribution < 1.29 is 17.9 Å². The van der Waals surface area contributed by atoms with E-state index in [0.717, 1.165) is 27.7 Å². The van der Waals surface area contributed by atoms with Gasteiger partial charge in [0.25, 0.3) is 0 Å². The van der Waals surface area contributed by atoms with Crippen molar-refractivity contribution in [3.8, 4) is 23.0 Å². The molecular weight excluding hydrogens is 419 g/mol. The van der Waals surface area contributed by atoms with Crippen molar-refractivity contribution in [3.63, 3.8) is 0 Å². The number of pyridine rings is 3. The van der Waals surface area contributed by atoms with Crippen LogP contribution in [0.1, 0.15) is 30.9 Å². The van der Waals surface area contributed by atoms with Crippen LogP contribution >= 0.6 is 0 Å². The first-order valence-corrected chi connectivity index (χ1v) is 9.77. The molecule has 0 aliphatic heterocycles. The highest BCUT2D eigenvalue weighted by atomic mass is 19.4. The molecule has 0 amide bonds. The highest BCUT2D eigenvalue weighted by molar-refractivity contribution is 5.58. The smallest absolute Gasteiger partial charge is 0.435 e. The maximum Gasteiger partial charge on any atom is 0.435 e. The zero-order valence-electron chi connectivity index (χ0n) is 17.6. The summed E-state index contributed by atoms with van der Waals surface area (Å²) >= 11 is 0. The zero-order chi connectivity index (χ0) is 22.9. The van der Waals surface area contributed by atoms with Gasteiger partial charge in [-0.05, 0) is 50.2 Å². The molecule has 0 fully saturated rings. The highest BCUT2D eigenvalue weighted by Crippen LogP contribution is 2.32. The summed E-state index contributed by atoms with van der Waals surface area (Å²) in [4.78, 5) is 13.6. The Hall–Kier alpha value is -3.75. The molecule has 6 nitrogen and oxygen atoms in total. The van der Waals surface area contributed by atoms with Gasteiger partial charge < -0.3 is 4.74 Å². The van der Waals surface area contributed by atoms with Gasteiger partial charge in [0.15, 0.2) is 11.5 Å². The first-order valence-electron chi connectivity index (χ1n) is 9.77. The molecule has 9 heteroatoms. The van der Waals surface area contributed by atoms with E-state index in [1.54, 1.807) is 31.5 Å². The van der Waals surface area contributed by atoms with Crippen molar-refractivity contribution in [2.24, 2.45) is 0 Å². The van der Waals surface area contributed by atoms with Crippen molar-refractivity contribution in [2.45, 2.75) is 25.4 Å². The number of alkyl halides is 3. The van der Waals surface area contributed by atoms with Gasteiger partial charge in [-0.15, -0.1) is 0 Å². The summed E-state index contributed by atoms with van der Waals surface area (Å²) in [6.07, 6.45) is -1.58. The number of methoxy groups -OCH3 is 1. The maximum atomic E-state index is 12.9. The van der Waals surface area contributed by atoms with Gasteiger partial charge in [-0.25, -0.2) is 14.6 Å². The second kappa shape index (κ2) is 8.07. The normalized spacial score (nSPS) is 12.1. The summed E-state index contributed by atoms with van der Waals surface area (Å²) in [7, 11) is 1.55. The third-order valence-corrected chi connectivity index (χ3v) is 5.12. The average Bonchev–Trinajstić information content (AvgIpc) is 3.30. The van der Waals surface area contributed by atoms with Crippen LogP contribution in [0.4, 0.5) is 13.2 Å². The van der Waals surface area contributed by atoms with Gasteiger partial charge in [0, 0.05) is 29.4 Å². The molecule has 0 aliphatic rings. The lowest BCUT2D eigenvalue weighted by Crippen LogP contribution is -2.23. The molecule has 0 aliphatic carbocycles. The van der Waals surface area contributed by atoms with E-state index < -0.39 is 17.3 Å². The third kappa shape index (κ3) is 4.18. The molecule has 0 radical (unpaired) electrons. The van der Waals surface area contributed by atoms with Crippen LogP contribution in [0.15, 0.2) is 67.0 Å². The predicted molar refractivity (Wildman–Crippen MR) is 113 cm³/mol. The van der Waals surface area contributed by atoms with Gasteiger partial charge in [-0.2, -0.15) is 18.3 Å². The molecule has 0 atom stereocenters. The predicted octanol–water partition coefficient (Wildman–Crippen LogP) is 5.08. The number of halogens is 3. The average molecular weight is 439 g/mol. The van der Waals surface area contributed by atoms with Crippen molar-refractivity contribution in [2.75, 3.05) is 7.11 Å². The topological polar surface area (TPSA) is 65.7 Å². The molecule has 0 saturated carbocycles. The van der Waals surface area contributed by atoms with Gasteiger partial charge in [0.05, 0.1) is 24.2 Å². The number of nitrogens with zero attached hydrogens (tertiary/aromatic N) is 5. The summed E-state index contributed by atoms with van der Waals surface area (Å²) in [5.74, 6) is 0.806. The number of rotatable bonds is 5. The molecule has 0 unspecified atom stereocenters. The molecule has 0 saturated heterocycles. The second-order valence-corrected chi connectivity index (χ2v) is 7.65. The van der Waals surface area contributed by atoms with E-state index in [1.807, 2.05) is 44.2 Å². The Morgan fingerprint density at radius 1 is 0.844 bits per heavy atom. The van der Waals surface area contributed by atoms with Crippen LogP contribution in [-0.2, 0) is 11.6 Å². The Bertz CT molecular complexity index is 1230. The van der Waals surface area contributed by atoms with Gasteiger partial charge in [-0.1, -0.05) is 12.1 Å². The number of hydrogen-bond donors (Lipinski definition) is 0. The monoisotopic (exact) mass is 439 g/mol. The molecule has 4 heterocycles. The molecule has 0 bridgehead atoms. The van der Waals surface area contributed by atoms with Crippen LogP contribution in [0, 0.1) is 0 Å². The fourth-order valence-electron chi connectivity index (χ4n) is 3.23. The van der Waals surface area contributed by atoms with Gasteiger partial charge in [0.2, 0.25) is 5.88 Å². The Kier molecular flexibility index (Phi) is 5.41. The summed E-state index contributed by atoms with van der Waals surface area (Å²) in [5, 5.41) is 3.61. The first-order chi connectivity index (χ1) is 15.2. The second-order valence-electron chi connectivity index (χ2n) is 7.65. The minimum absolute atomic E-state index is 0.293. The van der Waals surface area contributed by atoms with Crippen LogP contribution in [0.2, 0.25) is 0 Å². The molecular formula is C23H20F3N5O. The molecule has 4 aromatic rings. The van der Waals surface area contributed by atoms with Crippen LogP contribution in [0.3, 0.4) is 0 Å². The molecule has 164 valence electrons. The van der Waals surface area contributed by atoms with Gasteiger partial charge in [0.1, 0.15) is 0 Å². The largest absolute Gasteiger partial charge is 0.481 e. The molecule has 32 heavy (non-hydrogen) atoms. The number of aromatic nitrogens is 5. The molecule has 0 N–H and O–H groups in total. The summed E-state index contributed by atoms with van der Waals surface area (Å²) in [6.45, 7) is 3.92. The van der Waals surface area contributed by atoms with E-state index in [-0.39, 0.29) is 0 Å². The first kappa shape index (κ1) is 21.5. The Morgan fingerprint density at radius 3 is 2.19 bits per heavy atom. The lowest BCUT2D eigenvalue weighted by Gasteiger charge is -2.24. The molecule has 0 aromatic carbocycles. The molecule has 0 spiro atoms. The lowest BCUT2D eigenvalue weighted by molar-refractivity contribution is -0.141. The Morgan fingerprint density at radius 2 is 1.56 bits per heavy atom. The van der Waals surface area contributed by atoms with E-state index in [1.165, 1.54) is 6.20 Å². The number of hydrogen-bond acceptors (Lipinski definition) is 5. The summed E-state index contributed by atoms with van der Waals surface area (Å²) in [6, 6.07) is 15.4. The van der Waals surface area contributed by atoms with Crippen molar-refractivity contribution in [1.82, 2.24) is 24.7 Å². The fraction of sp³-hybridized carbons (Fsp3) is 0.217. The minimum Gasteiger partial charge on any atom is -0.481 e. The van der Waals surface area contributed by atoms with Crippen LogP contribution in [0.5, 0.6) is 5.88 Å². The summed E-state index contributed by atoms with van der Waals surface area (Å²) in [5.41, 5.74) is 1.39. The van der Waals surface area contributed by atoms with Gasteiger partial charge >= 0.3 is 6.18 Å². The van der Waals surface area contributed by atoms with E-state index in [0.29, 0.717) is 17.4 Å². The molecule has 4 rings (SSSR count). The number of ether oxygens (including phenoxy) is 1. The SMILES string of the molecule is COc1ccc(-c2cccc(C(C)(C)c3cccc(-n4ccc(C(F)(F)F)n4)n3)n2)cn1. The zero-order valence-corrected chi connectivity index (χ0v) is 17.6. The third-order valence-electron chi connectivity index (χ3n) is 5.12.